The molecular weight excluding hydrogens is 283 g/mol. The van der Waals surface area contributed by atoms with Crippen molar-refractivity contribution in [2.75, 3.05) is 13.6 Å². The summed E-state index contributed by atoms with van der Waals surface area (Å²) >= 11 is 11.9. The molecule has 3 nitrogen and oxygen atoms in total. The number of nitrogens with zero attached hydrogens (tertiary/aromatic N) is 1. The maximum absolute atomic E-state index is 12.3. The molecule has 0 aliphatic carbocycles. The highest BCUT2D eigenvalue weighted by Crippen LogP contribution is 2.23. The molecule has 1 aromatic carbocycles. The van der Waals surface area contributed by atoms with Crippen LogP contribution < -0.4 is 5.32 Å². The number of hydrogen-bond acceptors (Lipinski definition) is 2. The van der Waals surface area contributed by atoms with Gasteiger partial charge in [-0.15, -0.1) is 0 Å². The topological polar surface area (TPSA) is 32.3 Å². The number of amides is 1. The summed E-state index contributed by atoms with van der Waals surface area (Å²) in [5.74, 6) is 0.144. The Morgan fingerprint density at radius 1 is 1.37 bits per heavy atom. The van der Waals surface area contributed by atoms with Crippen molar-refractivity contribution in [1.82, 2.24) is 10.2 Å². The average Bonchev–Trinajstić information content (AvgIpc) is 2.43. The average molecular weight is 301 g/mol. The van der Waals surface area contributed by atoms with Crippen LogP contribution in [0.15, 0.2) is 18.2 Å². The SMILES string of the molecule is CN(Cc1ccc(Cl)c(Cl)c1)C(=O)[C@H]1CCCCN1. The maximum Gasteiger partial charge on any atom is 0.239 e. The lowest BCUT2D eigenvalue weighted by Crippen LogP contribution is -2.46. The molecule has 0 radical (unpaired) electrons. The van der Waals surface area contributed by atoms with Gasteiger partial charge in [0.05, 0.1) is 16.1 Å². The molecule has 0 spiro atoms. The molecular formula is C14H18Cl2N2O. The minimum atomic E-state index is -0.0403. The van der Waals surface area contributed by atoms with Gasteiger partial charge in [0.1, 0.15) is 0 Å². The molecule has 1 fully saturated rings. The van der Waals surface area contributed by atoms with Crippen molar-refractivity contribution in [3.8, 4) is 0 Å². The van der Waals surface area contributed by atoms with Gasteiger partial charge in [0.15, 0.2) is 0 Å². The van der Waals surface area contributed by atoms with E-state index < -0.39 is 0 Å². The third-order valence-corrected chi connectivity index (χ3v) is 4.13. The van der Waals surface area contributed by atoms with E-state index in [2.05, 4.69) is 5.32 Å². The zero-order valence-electron chi connectivity index (χ0n) is 11.0. The van der Waals surface area contributed by atoms with Crippen LogP contribution in [0.3, 0.4) is 0 Å². The minimum Gasteiger partial charge on any atom is -0.340 e. The van der Waals surface area contributed by atoms with Crippen LogP contribution in [0.5, 0.6) is 0 Å². The van der Waals surface area contributed by atoms with Gasteiger partial charge in [-0.3, -0.25) is 4.79 Å². The van der Waals surface area contributed by atoms with Crippen molar-refractivity contribution in [2.24, 2.45) is 0 Å². The lowest BCUT2D eigenvalue weighted by atomic mass is 10.0. The van der Waals surface area contributed by atoms with E-state index in [0.717, 1.165) is 31.4 Å². The highest BCUT2D eigenvalue weighted by Gasteiger charge is 2.23. The molecule has 1 saturated heterocycles. The van der Waals surface area contributed by atoms with Gasteiger partial charge in [0.25, 0.3) is 0 Å². The molecule has 19 heavy (non-hydrogen) atoms. The molecule has 1 N–H and O–H groups in total. The summed E-state index contributed by atoms with van der Waals surface area (Å²) in [6.45, 7) is 1.48. The van der Waals surface area contributed by atoms with Crippen LogP contribution >= 0.6 is 23.2 Å². The van der Waals surface area contributed by atoms with E-state index in [-0.39, 0.29) is 11.9 Å². The molecule has 0 aromatic heterocycles. The van der Waals surface area contributed by atoms with Gasteiger partial charge in [0.2, 0.25) is 5.91 Å². The van der Waals surface area contributed by atoms with Crippen LogP contribution in [-0.2, 0) is 11.3 Å². The van der Waals surface area contributed by atoms with Crippen LogP contribution in [0.2, 0.25) is 10.0 Å². The zero-order chi connectivity index (χ0) is 13.8. The predicted molar refractivity (Wildman–Crippen MR) is 78.6 cm³/mol. The number of halogens is 2. The van der Waals surface area contributed by atoms with E-state index in [1.165, 1.54) is 0 Å². The van der Waals surface area contributed by atoms with Crippen molar-refractivity contribution < 1.29 is 4.79 Å². The first-order valence-electron chi connectivity index (χ1n) is 6.50. The first-order chi connectivity index (χ1) is 9.08. The van der Waals surface area contributed by atoms with Crippen molar-refractivity contribution >= 4 is 29.1 Å². The van der Waals surface area contributed by atoms with Crippen LogP contribution in [0, 0.1) is 0 Å². The van der Waals surface area contributed by atoms with Crippen molar-refractivity contribution in [1.29, 1.82) is 0 Å². The quantitative estimate of drug-likeness (QED) is 0.930. The summed E-state index contributed by atoms with van der Waals surface area (Å²) in [6, 6.07) is 5.42. The van der Waals surface area contributed by atoms with E-state index >= 15 is 0 Å². The zero-order valence-corrected chi connectivity index (χ0v) is 12.5. The lowest BCUT2D eigenvalue weighted by Gasteiger charge is -2.27. The Hall–Kier alpha value is -0.770. The van der Waals surface area contributed by atoms with E-state index in [9.17, 15) is 4.79 Å². The number of likely N-dealkylation sites (N-methyl/N-ethyl adjacent to an activating group) is 1. The first-order valence-corrected chi connectivity index (χ1v) is 7.26. The Balaban J connectivity index is 1.97. The Morgan fingerprint density at radius 3 is 2.79 bits per heavy atom. The summed E-state index contributed by atoms with van der Waals surface area (Å²) in [5.41, 5.74) is 0.987. The number of rotatable bonds is 3. The Bertz CT molecular complexity index is 459. The normalized spacial score (nSPS) is 19.2. The molecule has 0 unspecified atom stereocenters. The van der Waals surface area contributed by atoms with Crippen molar-refractivity contribution in [2.45, 2.75) is 31.8 Å². The van der Waals surface area contributed by atoms with E-state index in [0.29, 0.717) is 16.6 Å². The Kier molecular flexibility index (Phi) is 5.08. The minimum absolute atomic E-state index is 0.0403. The fraction of sp³-hybridized carbons (Fsp3) is 0.500. The van der Waals surface area contributed by atoms with Crippen molar-refractivity contribution in [3.05, 3.63) is 33.8 Å². The second-order valence-electron chi connectivity index (χ2n) is 4.95. The molecule has 2 rings (SSSR count). The highest BCUT2D eigenvalue weighted by molar-refractivity contribution is 6.42. The first kappa shape index (κ1) is 14.6. The molecule has 1 atom stereocenters. The van der Waals surface area contributed by atoms with Crippen LogP contribution in [0.1, 0.15) is 24.8 Å². The number of hydrogen-bond donors (Lipinski definition) is 1. The lowest BCUT2D eigenvalue weighted by molar-refractivity contribution is -0.133. The number of carbonyl (C=O) groups is 1. The predicted octanol–water partition coefficient (Wildman–Crippen LogP) is 3.09. The molecule has 0 saturated carbocycles. The summed E-state index contributed by atoms with van der Waals surface area (Å²) in [6.07, 6.45) is 3.19. The smallest absolute Gasteiger partial charge is 0.239 e. The highest BCUT2D eigenvalue weighted by atomic mass is 35.5. The molecule has 1 aromatic rings. The molecule has 104 valence electrons. The number of carbonyl (C=O) groups excluding carboxylic acids is 1. The third-order valence-electron chi connectivity index (χ3n) is 3.39. The molecule has 5 heteroatoms. The standard InChI is InChI=1S/C14H18Cl2N2O/c1-18(14(19)13-4-2-3-7-17-13)9-10-5-6-11(15)12(16)8-10/h5-6,8,13,17H,2-4,7,9H2,1H3/t13-/m1/s1. The third kappa shape index (κ3) is 3.85. The maximum atomic E-state index is 12.3. The second-order valence-corrected chi connectivity index (χ2v) is 5.76. The van der Waals surface area contributed by atoms with E-state index in [1.54, 1.807) is 11.0 Å². The number of nitrogens with one attached hydrogen (secondary N) is 1. The van der Waals surface area contributed by atoms with Gasteiger partial charge in [-0.05, 0) is 37.1 Å². The van der Waals surface area contributed by atoms with Crippen LogP contribution in [0.4, 0.5) is 0 Å². The van der Waals surface area contributed by atoms with Gasteiger partial charge in [-0.1, -0.05) is 35.7 Å². The van der Waals surface area contributed by atoms with Crippen LogP contribution in [-0.4, -0.2) is 30.4 Å². The van der Waals surface area contributed by atoms with Gasteiger partial charge >= 0.3 is 0 Å². The van der Waals surface area contributed by atoms with E-state index in [4.69, 9.17) is 23.2 Å². The summed E-state index contributed by atoms with van der Waals surface area (Å²) < 4.78 is 0. The van der Waals surface area contributed by atoms with Gasteiger partial charge in [0, 0.05) is 13.6 Å². The summed E-state index contributed by atoms with van der Waals surface area (Å²) in [5, 5.41) is 4.33. The van der Waals surface area contributed by atoms with Gasteiger partial charge in [-0.25, -0.2) is 0 Å². The van der Waals surface area contributed by atoms with Crippen LogP contribution in [0.25, 0.3) is 0 Å². The van der Waals surface area contributed by atoms with Gasteiger partial charge in [-0.2, -0.15) is 0 Å². The Morgan fingerprint density at radius 2 is 2.16 bits per heavy atom. The summed E-state index contributed by atoms with van der Waals surface area (Å²) in [4.78, 5) is 14.0. The number of piperidine rings is 1. The second kappa shape index (κ2) is 6.60. The monoisotopic (exact) mass is 300 g/mol. The molecule has 0 bridgehead atoms. The molecule has 1 aliphatic rings. The largest absolute Gasteiger partial charge is 0.340 e. The molecule has 1 amide bonds. The molecule has 1 heterocycles. The summed E-state index contributed by atoms with van der Waals surface area (Å²) in [7, 11) is 1.82. The van der Waals surface area contributed by atoms with E-state index in [1.807, 2.05) is 19.2 Å². The van der Waals surface area contributed by atoms with Gasteiger partial charge < -0.3 is 10.2 Å². The fourth-order valence-corrected chi connectivity index (χ4v) is 2.64. The number of benzene rings is 1. The van der Waals surface area contributed by atoms with Crippen molar-refractivity contribution in [3.63, 3.8) is 0 Å². The Labute approximate surface area is 123 Å². The fourth-order valence-electron chi connectivity index (χ4n) is 2.32. The molecule has 1 aliphatic heterocycles.